The van der Waals surface area contributed by atoms with Crippen molar-refractivity contribution in [2.24, 2.45) is 0 Å². The van der Waals surface area contributed by atoms with E-state index in [0.29, 0.717) is 5.69 Å². The van der Waals surface area contributed by atoms with Gasteiger partial charge in [-0.15, -0.1) is 0 Å². The van der Waals surface area contributed by atoms with Crippen molar-refractivity contribution < 1.29 is 14.3 Å². The van der Waals surface area contributed by atoms with Crippen LogP contribution in [0.15, 0.2) is 36.5 Å². The van der Waals surface area contributed by atoms with Crippen LogP contribution in [0.25, 0.3) is 5.69 Å². The molecule has 8 heteroatoms. The summed E-state index contributed by atoms with van der Waals surface area (Å²) in [6.45, 7) is 1.89. The van der Waals surface area contributed by atoms with Gasteiger partial charge in [-0.05, 0) is 19.1 Å². The van der Waals surface area contributed by atoms with Crippen molar-refractivity contribution in [2.45, 2.75) is 11.8 Å². The number of carbonyl (C=O) groups is 2. The summed E-state index contributed by atoms with van der Waals surface area (Å²) in [5, 5.41) is 6.61. The Morgan fingerprint density at radius 2 is 2.00 bits per heavy atom. The van der Waals surface area contributed by atoms with Gasteiger partial charge in [-0.3, -0.25) is 4.79 Å². The number of nitrogens with one attached hydrogen (secondary N) is 1. The first kappa shape index (κ1) is 16.3. The second-order valence-corrected chi connectivity index (χ2v) is 5.26. The number of halogens is 2. The second-order valence-electron chi connectivity index (χ2n) is 4.16. The summed E-state index contributed by atoms with van der Waals surface area (Å²) in [5.74, 6) is -1.10. The minimum Gasteiger partial charge on any atom is -0.462 e. The lowest BCUT2D eigenvalue weighted by Crippen LogP contribution is -2.22. The van der Waals surface area contributed by atoms with E-state index in [1.165, 1.54) is 10.9 Å². The number of esters is 1. The van der Waals surface area contributed by atoms with Crippen molar-refractivity contribution in [1.29, 1.82) is 0 Å². The van der Waals surface area contributed by atoms with Gasteiger partial charge in [-0.1, -0.05) is 41.4 Å². The molecule has 2 aromatic rings. The largest absolute Gasteiger partial charge is 0.462 e. The maximum atomic E-state index is 12.0. The normalized spacial score (nSPS) is 10.5. The number of rotatable bonds is 5. The fraction of sp³-hybridized carbons (Fsp3) is 0.214. The van der Waals surface area contributed by atoms with Gasteiger partial charge in [-0.2, -0.15) is 5.10 Å². The van der Waals surface area contributed by atoms with Crippen molar-refractivity contribution in [3.8, 4) is 5.69 Å². The molecule has 1 aromatic heterocycles. The second kappa shape index (κ2) is 7.29. The number of alkyl halides is 2. The Morgan fingerprint density at radius 3 is 2.59 bits per heavy atom. The smallest absolute Gasteiger partial charge is 0.343 e. The van der Waals surface area contributed by atoms with Crippen LogP contribution in [0.2, 0.25) is 0 Å². The summed E-state index contributed by atoms with van der Waals surface area (Å²) < 4.78 is 6.35. The zero-order valence-corrected chi connectivity index (χ0v) is 13.1. The monoisotopic (exact) mass is 341 g/mol. The highest BCUT2D eigenvalue weighted by Gasteiger charge is 2.23. The third-order valence-electron chi connectivity index (χ3n) is 2.71. The van der Waals surface area contributed by atoms with E-state index in [2.05, 4.69) is 10.4 Å². The predicted molar refractivity (Wildman–Crippen MR) is 83.6 cm³/mol. The van der Waals surface area contributed by atoms with Gasteiger partial charge in [0.05, 0.1) is 18.5 Å². The average molecular weight is 342 g/mol. The van der Waals surface area contributed by atoms with Gasteiger partial charge in [0.2, 0.25) is 0 Å². The molecule has 2 rings (SSSR count). The van der Waals surface area contributed by atoms with Crippen LogP contribution in [0.4, 0.5) is 5.82 Å². The van der Waals surface area contributed by atoms with Crippen LogP contribution in [0.5, 0.6) is 0 Å². The first-order valence-corrected chi connectivity index (χ1v) is 7.31. The molecule has 1 amide bonds. The molecule has 116 valence electrons. The number of ether oxygens (including phenoxy) is 1. The molecule has 22 heavy (non-hydrogen) atoms. The molecule has 0 saturated heterocycles. The zero-order valence-electron chi connectivity index (χ0n) is 11.6. The quantitative estimate of drug-likeness (QED) is 0.670. The van der Waals surface area contributed by atoms with E-state index in [9.17, 15) is 9.59 Å². The van der Waals surface area contributed by atoms with E-state index in [1.807, 2.05) is 6.07 Å². The van der Waals surface area contributed by atoms with Crippen molar-refractivity contribution in [3.63, 3.8) is 0 Å². The van der Waals surface area contributed by atoms with Gasteiger partial charge in [0.1, 0.15) is 5.56 Å². The Bertz CT molecular complexity index is 671. The first-order chi connectivity index (χ1) is 10.5. The topological polar surface area (TPSA) is 73.2 Å². The van der Waals surface area contributed by atoms with E-state index < -0.39 is 16.7 Å². The predicted octanol–water partition coefficient (Wildman–Crippen LogP) is 2.79. The lowest BCUT2D eigenvalue weighted by Gasteiger charge is -2.11. The van der Waals surface area contributed by atoms with Crippen LogP contribution in [0.1, 0.15) is 17.3 Å². The van der Waals surface area contributed by atoms with Gasteiger partial charge >= 0.3 is 5.97 Å². The Morgan fingerprint density at radius 1 is 1.32 bits per heavy atom. The first-order valence-electron chi connectivity index (χ1n) is 6.44. The summed E-state index contributed by atoms with van der Waals surface area (Å²) in [4.78, 5) is 22.5. The molecule has 0 fully saturated rings. The Kier molecular flexibility index (Phi) is 5.41. The summed E-state index contributed by atoms with van der Waals surface area (Å²) >= 11 is 11.1. The molecule has 0 spiro atoms. The average Bonchev–Trinajstić information content (AvgIpc) is 2.92. The molecule has 0 saturated carbocycles. The van der Waals surface area contributed by atoms with Gasteiger partial charge in [-0.25, -0.2) is 9.48 Å². The third kappa shape index (κ3) is 3.58. The maximum Gasteiger partial charge on any atom is 0.343 e. The van der Waals surface area contributed by atoms with E-state index in [0.717, 1.165) is 0 Å². The molecular formula is C14H13Cl2N3O3. The van der Waals surface area contributed by atoms with Crippen molar-refractivity contribution >= 4 is 40.9 Å². The van der Waals surface area contributed by atoms with Crippen LogP contribution < -0.4 is 5.32 Å². The highest BCUT2D eigenvalue weighted by atomic mass is 35.5. The fourth-order valence-electron chi connectivity index (χ4n) is 1.76. The molecule has 1 N–H and O–H groups in total. The van der Waals surface area contributed by atoms with E-state index in [1.54, 1.807) is 31.2 Å². The standard InChI is InChI=1S/C14H13Cl2N3O3/c1-2-22-14(21)10-8-17-19(9-6-4-3-5-7-9)12(10)18-13(20)11(15)16/h3-8,11H,2H2,1H3,(H,18,20). The summed E-state index contributed by atoms with van der Waals surface area (Å²) in [5.41, 5.74) is 0.780. The van der Waals surface area contributed by atoms with Crippen LogP contribution in [0.3, 0.4) is 0 Å². The molecule has 0 aliphatic heterocycles. The number of carbonyl (C=O) groups excluding carboxylic acids is 2. The number of amides is 1. The van der Waals surface area contributed by atoms with Gasteiger partial charge in [0.15, 0.2) is 10.7 Å². The molecule has 0 radical (unpaired) electrons. The van der Waals surface area contributed by atoms with Crippen molar-refractivity contribution in [3.05, 3.63) is 42.1 Å². The Labute approximate surface area is 137 Å². The van der Waals surface area contributed by atoms with Crippen LogP contribution in [0, 0.1) is 0 Å². The Hall–Kier alpha value is -2.05. The SMILES string of the molecule is CCOC(=O)c1cnn(-c2ccccc2)c1NC(=O)C(Cl)Cl. The molecule has 1 aromatic carbocycles. The van der Waals surface area contributed by atoms with Crippen LogP contribution >= 0.6 is 23.2 Å². The Balaban J connectivity index is 2.46. The number of hydrogen-bond acceptors (Lipinski definition) is 4. The molecule has 1 heterocycles. The number of nitrogens with zero attached hydrogens (tertiary/aromatic N) is 2. The number of anilines is 1. The minimum atomic E-state index is -1.27. The van der Waals surface area contributed by atoms with Gasteiger partial charge in [0.25, 0.3) is 5.91 Å². The van der Waals surface area contributed by atoms with E-state index >= 15 is 0 Å². The molecule has 6 nitrogen and oxygen atoms in total. The molecule has 0 atom stereocenters. The lowest BCUT2D eigenvalue weighted by molar-refractivity contribution is -0.114. The van der Waals surface area contributed by atoms with Crippen molar-refractivity contribution in [2.75, 3.05) is 11.9 Å². The third-order valence-corrected chi connectivity index (χ3v) is 3.10. The lowest BCUT2D eigenvalue weighted by atomic mass is 10.3. The highest BCUT2D eigenvalue weighted by molar-refractivity contribution is 6.54. The minimum absolute atomic E-state index is 0.119. The van der Waals surface area contributed by atoms with Crippen molar-refractivity contribution in [1.82, 2.24) is 9.78 Å². The molecule has 0 aliphatic carbocycles. The van der Waals surface area contributed by atoms with E-state index in [4.69, 9.17) is 27.9 Å². The summed E-state index contributed by atoms with van der Waals surface area (Å²) in [6.07, 6.45) is 1.32. The van der Waals surface area contributed by atoms with Crippen LogP contribution in [-0.2, 0) is 9.53 Å². The summed E-state index contributed by atoms with van der Waals surface area (Å²) in [7, 11) is 0. The number of hydrogen-bond donors (Lipinski definition) is 1. The number of benzene rings is 1. The zero-order chi connectivity index (χ0) is 16.1. The van der Waals surface area contributed by atoms with E-state index in [-0.39, 0.29) is 18.0 Å². The van der Waals surface area contributed by atoms with Crippen LogP contribution in [-0.4, -0.2) is 33.1 Å². The van der Waals surface area contributed by atoms with Gasteiger partial charge in [0, 0.05) is 0 Å². The molecule has 0 bridgehead atoms. The van der Waals surface area contributed by atoms with Gasteiger partial charge < -0.3 is 10.1 Å². The maximum absolute atomic E-state index is 12.0. The summed E-state index contributed by atoms with van der Waals surface area (Å²) in [6, 6.07) is 9.00. The highest BCUT2D eigenvalue weighted by Crippen LogP contribution is 2.22. The number of aromatic nitrogens is 2. The molecular weight excluding hydrogens is 329 g/mol. The molecule has 0 aliphatic rings. The molecule has 0 unspecified atom stereocenters. The fourth-order valence-corrected chi connectivity index (χ4v) is 1.87. The number of para-hydroxylation sites is 1.